The van der Waals surface area contributed by atoms with Crippen LogP contribution in [0, 0.1) is 0 Å². The van der Waals surface area contributed by atoms with Gasteiger partial charge in [-0.05, 0) is 13.8 Å². The van der Waals surface area contributed by atoms with Crippen molar-refractivity contribution < 1.29 is 39.5 Å². The zero-order chi connectivity index (χ0) is 17.4. The summed E-state index contributed by atoms with van der Waals surface area (Å²) in [6.07, 6.45) is -6.71. The molecule has 0 rings (SSSR count). The van der Waals surface area contributed by atoms with Crippen molar-refractivity contribution in [1.82, 2.24) is 0 Å². The van der Waals surface area contributed by atoms with E-state index in [1.54, 1.807) is 0 Å². The molecule has 0 spiro atoms. The normalized spacial score (nSPS) is 16.1. The average Bonchev–Trinajstić information content (AvgIpc) is 2.47. The van der Waals surface area contributed by atoms with E-state index in [0.29, 0.717) is 0 Å². The largest absolute Gasteiger partial charge is 0.458 e. The average molecular weight is 318 g/mol. The van der Waals surface area contributed by atoms with Crippen LogP contribution in [0.1, 0.15) is 13.8 Å². The number of aliphatic hydroxyl groups excluding tert-OH is 4. The molecule has 0 aliphatic rings. The van der Waals surface area contributed by atoms with Gasteiger partial charge in [0.2, 0.25) is 0 Å². The standard InChI is InChI=1S/C14H22O8/c1-7(2)13(19)21-6-10(22-14(20)8(3)4)12(18)11(17)9(16)5-15/h9-12,15-18H,1,3,5-6H2,2,4H3/t9-,10+,11-,12-/m1/s1. The molecule has 0 heterocycles. The van der Waals surface area contributed by atoms with E-state index < -0.39 is 49.6 Å². The predicted octanol–water partition coefficient (Wildman–Crippen LogP) is -1.33. The van der Waals surface area contributed by atoms with Gasteiger partial charge in [-0.15, -0.1) is 0 Å². The van der Waals surface area contributed by atoms with Crippen LogP contribution < -0.4 is 0 Å². The zero-order valence-corrected chi connectivity index (χ0v) is 12.6. The molecule has 4 atom stereocenters. The molecule has 4 N–H and O–H groups in total. The van der Waals surface area contributed by atoms with Gasteiger partial charge in [0.15, 0.2) is 6.10 Å². The lowest BCUT2D eigenvalue weighted by atomic mass is 10.0. The van der Waals surface area contributed by atoms with Crippen molar-refractivity contribution in [3.8, 4) is 0 Å². The quantitative estimate of drug-likeness (QED) is 0.303. The molecule has 0 bridgehead atoms. The smallest absolute Gasteiger partial charge is 0.333 e. The van der Waals surface area contributed by atoms with Crippen molar-refractivity contribution in [2.45, 2.75) is 38.3 Å². The van der Waals surface area contributed by atoms with Crippen LogP contribution in [-0.4, -0.2) is 70.0 Å². The molecule has 22 heavy (non-hydrogen) atoms. The second-order valence-electron chi connectivity index (χ2n) is 4.83. The fourth-order valence-corrected chi connectivity index (χ4v) is 1.28. The Labute approximate surface area is 128 Å². The highest BCUT2D eigenvalue weighted by atomic mass is 16.6. The summed E-state index contributed by atoms with van der Waals surface area (Å²) in [5, 5.41) is 37.6. The monoisotopic (exact) mass is 318 g/mol. The number of ether oxygens (including phenoxy) is 2. The van der Waals surface area contributed by atoms with Crippen molar-refractivity contribution in [3.05, 3.63) is 24.3 Å². The lowest BCUT2D eigenvalue weighted by molar-refractivity contribution is -0.173. The topological polar surface area (TPSA) is 134 Å². The van der Waals surface area contributed by atoms with Crippen molar-refractivity contribution in [2.24, 2.45) is 0 Å². The van der Waals surface area contributed by atoms with E-state index >= 15 is 0 Å². The Hall–Kier alpha value is -1.74. The summed E-state index contributed by atoms with van der Waals surface area (Å²) < 4.78 is 9.64. The van der Waals surface area contributed by atoms with Gasteiger partial charge in [-0.25, -0.2) is 9.59 Å². The third-order valence-corrected chi connectivity index (χ3v) is 2.65. The molecule has 0 aromatic carbocycles. The molecule has 0 aliphatic heterocycles. The summed E-state index contributed by atoms with van der Waals surface area (Å²) >= 11 is 0. The van der Waals surface area contributed by atoms with E-state index in [2.05, 4.69) is 13.2 Å². The number of aliphatic hydroxyl groups is 4. The number of carbonyl (C=O) groups is 2. The molecule has 8 heteroatoms. The third-order valence-electron chi connectivity index (χ3n) is 2.65. The molecule has 0 radical (unpaired) electrons. The molecular formula is C14H22O8. The maximum atomic E-state index is 11.5. The van der Waals surface area contributed by atoms with Crippen LogP contribution in [0.3, 0.4) is 0 Å². The van der Waals surface area contributed by atoms with E-state index in [-0.39, 0.29) is 11.1 Å². The van der Waals surface area contributed by atoms with Gasteiger partial charge < -0.3 is 29.9 Å². The summed E-state index contributed by atoms with van der Waals surface area (Å²) in [6.45, 7) is 8.10. The van der Waals surface area contributed by atoms with Crippen LogP contribution in [0.25, 0.3) is 0 Å². The number of carbonyl (C=O) groups excluding carboxylic acids is 2. The van der Waals surface area contributed by atoms with Gasteiger partial charge in [0.25, 0.3) is 0 Å². The van der Waals surface area contributed by atoms with Gasteiger partial charge in [-0.3, -0.25) is 0 Å². The summed E-state index contributed by atoms with van der Waals surface area (Å²) in [5.74, 6) is -1.65. The minimum absolute atomic E-state index is 0.0284. The Morgan fingerprint density at radius 1 is 1.00 bits per heavy atom. The summed E-state index contributed by atoms with van der Waals surface area (Å²) in [7, 11) is 0. The summed E-state index contributed by atoms with van der Waals surface area (Å²) in [6, 6.07) is 0. The first kappa shape index (κ1) is 20.3. The second kappa shape index (κ2) is 9.31. The first-order valence-corrected chi connectivity index (χ1v) is 6.46. The van der Waals surface area contributed by atoms with E-state index in [4.69, 9.17) is 14.6 Å². The molecule has 0 saturated heterocycles. The van der Waals surface area contributed by atoms with Crippen LogP contribution in [0.5, 0.6) is 0 Å². The van der Waals surface area contributed by atoms with Crippen LogP contribution in [0.2, 0.25) is 0 Å². The minimum Gasteiger partial charge on any atom is -0.458 e. The highest BCUT2D eigenvalue weighted by Gasteiger charge is 2.34. The van der Waals surface area contributed by atoms with E-state index in [0.717, 1.165) is 0 Å². The highest BCUT2D eigenvalue weighted by Crippen LogP contribution is 2.12. The van der Waals surface area contributed by atoms with Crippen molar-refractivity contribution in [1.29, 1.82) is 0 Å². The van der Waals surface area contributed by atoms with Crippen molar-refractivity contribution >= 4 is 11.9 Å². The Bertz CT molecular complexity index is 431. The number of rotatable bonds is 9. The molecule has 0 aliphatic carbocycles. The maximum Gasteiger partial charge on any atom is 0.333 e. The lowest BCUT2D eigenvalue weighted by Crippen LogP contribution is -2.49. The fraction of sp³-hybridized carbons (Fsp3) is 0.571. The van der Waals surface area contributed by atoms with Gasteiger partial charge in [0.05, 0.1) is 6.61 Å². The lowest BCUT2D eigenvalue weighted by Gasteiger charge is -2.28. The summed E-state index contributed by atoms with van der Waals surface area (Å²) in [4.78, 5) is 22.8. The van der Waals surface area contributed by atoms with Gasteiger partial charge in [0, 0.05) is 11.1 Å². The van der Waals surface area contributed by atoms with Crippen LogP contribution >= 0.6 is 0 Å². The second-order valence-corrected chi connectivity index (χ2v) is 4.83. The van der Waals surface area contributed by atoms with E-state index in [9.17, 15) is 24.9 Å². The zero-order valence-electron chi connectivity index (χ0n) is 12.6. The van der Waals surface area contributed by atoms with Crippen LogP contribution in [0.15, 0.2) is 24.3 Å². The predicted molar refractivity (Wildman–Crippen MR) is 75.6 cm³/mol. The Morgan fingerprint density at radius 3 is 1.91 bits per heavy atom. The molecule has 0 fully saturated rings. The maximum absolute atomic E-state index is 11.5. The van der Waals surface area contributed by atoms with E-state index in [1.807, 2.05) is 0 Å². The number of hydrogen-bond acceptors (Lipinski definition) is 8. The Balaban J connectivity index is 4.98. The first-order valence-electron chi connectivity index (χ1n) is 6.46. The molecular weight excluding hydrogens is 296 g/mol. The Kier molecular flexibility index (Phi) is 8.58. The molecule has 0 amide bonds. The molecule has 0 unspecified atom stereocenters. The van der Waals surface area contributed by atoms with Gasteiger partial charge >= 0.3 is 11.9 Å². The van der Waals surface area contributed by atoms with Crippen LogP contribution in [-0.2, 0) is 19.1 Å². The van der Waals surface area contributed by atoms with Gasteiger partial charge in [-0.2, -0.15) is 0 Å². The van der Waals surface area contributed by atoms with Gasteiger partial charge in [0.1, 0.15) is 24.9 Å². The highest BCUT2D eigenvalue weighted by molar-refractivity contribution is 5.87. The SMILES string of the molecule is C=C(C)C(=O)OC[C@H](OC(=O)C(=C)C)[C@@H](O)[C@H](O)[C@H](O)CO. The summed E-state index contributed by atoms with van der Waals surface area (Å²) in [5.41, 5.74) is 0.121. The van der Waals surface area contributed by atoms with Crippen LogP contribution in [0.4, 0.5) is 0 Å². The van der Waals surface area contributed by atoms with Crippen molar-refractivity contribution in [3.63, 3.8) is 0 Å². The molecule has 0 aromatic rings. The molecule has 126 valence electrons. The molecule has 8 nitrogen and oxygen atoms in total. The minimum atomic E-state index is -1.81. The molecule has 0 saturated carbocycles. The third kappa shape index (κ3) is 6.35. The number of hydrogen-bond donors (Lipinski definition) is 4. The first-order chi connectivity index (χ1) is 10.1. The van der Waals surface area contributed by atoms with E-state index in [1.165, 1.54) is 13.8 Å². The fourth-order valence-electron chi connectivity index (χ4n) is 1.28. The van der Waals surface area contributed by atoms with Crippen molar-refractivity contribution in [2.75, 3.05) is 13.2 Å². The molecule has 0 aromatic heterocycles. The Morgan fingerprint density at radius 2 is 1.50 bits per heavy atom. The van der Waals surface area contributed by atoms with Gasteiger partial charge in [-0.1, -0.05) is 13.2 Å². The number of esters is 2.